The number of methoxy groups -OCH3 is 1. The molecule has 0 saturated carbocycles. The number of aryl methyl sites for hydroxylation is 1. The Hall–Kier alpha value is -1.06. The minimum atomic E-state index is 0.214. The van der Waals surface area contributed by atoms with Crippen molar-refractivity contribution in [2.75, 3.05) is 7.11 Å². The van der Waals surface area contributed by atoms with E-state index in [-0.39, 0.29) is 6.04 Å². The monoisotopic (exact) mass is 222 g/mol. The van der Waals surface area contributed by atoms with E-state index in [1.165, 1.54) is 11.1 Å². The molecule has 0 aliphatic rings. The second kappa shape index (κ2) is 5.87. The molecule has 0 amide bonds. The Bertz CT molecular complexity index is 337. The molecule has 0 saturated heterocycles. The molecule has 1 unspecified atom stereocenters. The van der Waals surface area contributed by atoms with Crippen molar-refractivity contribution in [3.63, 3.8) is 0 Å². The highest BCUT2D eigenvalue weighted by Crippen LogP contribution is 2.26. The Kier molecular flexibility index (Phi) is 4.77. The Morgan fingerprint density at radius 2 is 2.06 bits per heavy atom. The molecule has 0 bridgehead atoms. The molecule has 0 fully saturated rings. The molecule has 0 aliphatic carbocycles. The van der Waals surface area contributed by atoms with Crippen LogP contribution in [0.1, 0.15) is 37.4 Å². The lowest BCUT2D eigenvalue weighted by molar-refractivity contribution is 0.412. The van der Waals surface area contributed by atoms with Crippen LogP contribution in [-0.4, -0.2) is 7.11 Å². The van der Waals surface area contributed by atoms with E-state index in [1.54, 1.807) is 7.11 Å². The zero-order valence-electron chi connectivity index (χ0n) is 10.6. The summed E-state index contributed by atoms with van der Waals surface area (Å²) < 4.78 is 5.19. The van der Waals surface area contributed by atoms with Crippen LogP contribution in [0.3, 0.4) is 0 Å². The molecule has 0 radical (unpaired) electrons. The van der Waals surface area contributed by atoms with Gasteiger partial charge in [0, 0.05) is 6.04 Å². The first-order valence-electron chi connectivity index (χ1n) is 5.69. The van der Waals surface area contributed by atoms with Gasteiger partial charge in [0.1, 0.15) is 5.75 Å². The standard InChI is InChI=1S/C13H22N2O/c1-9(2)7-13(15-14)12-6-5-11(16-4)8-10(12)3/h5-6,8-9,13,15H,7,14H2,1-4H3. The van der Waals surface area contributed by atoms with Crippen molar-refractivity contribution in [1.82, 2.24) is 5.43 Å². The zero-order chi connectivity index (χ0) is 12.1. The van der Waals surface area contributed by atoms with Crippen LogP contribution in [0.4, 0.5) is 0 Å². The number of hydrogen-bond donors (Lipinski definition) is 2. The SMILES string of the molecule is COc1ccc(C(CC(C)C)NN)c(C)c1. The predicted octanol–water partition coefficient (Wildman–Crippen LogP) is 2.55. The van der Waals surface area contributed by atoms with Gasteiger partial charge >= 0.3 is 0 Å². The highest BCUT2D eigenvalue weighted by Gasteiger charge is 2.14. The van der Waals surface area contributed by atoms with Crippen molar-refractivity contribution >= 4 is 0 Å². The van der Waals surface area contributed by atoms with Gasteiger partial charge in [0.2, 0.25) is 0 Å². The average Bonchev–Trinajstić information content (AvgIpc) is 2.25. The molecule has 3 N–H and O–H groups in total. The molecule has 90 valence electrons. The van der Waals surface area contributed by atoms with Crippen molar-refractivity contribution in [1.29, 1.82) is 0 Å². The second-order valence-corrected chi connectivity index (χ2v) is 4.57. The van der Waals surface area contributed by atoms with E-state index in [9.17, 15) is 0 Å². The number of nitrogens with two attached hydrogens (primary N) is 1. The number of hydrogen-bond acceptors (Lipinski definition) is 3. The van der Waals surface area contributed by atoms with Crippen LogP contribution in [0.25, 0.3) is 0 Å². The van der Waals surface area contributed by atoms with Crippen LogP contribution in [0.5, 0.6) is 5.75 Å². The number of ether oxygens (including phenoxy) is 1. The van der Waals surface area contributed by atoms with Gasteiger partial charge in [-0.1, -0.05) is 19.9 Å². The highest BCUT2D eigenvalue weighted by atomic mass is 16.5. The molecular formula is C13H22N2O. The number of hydrazine groups is 1. The maximum Gasteiger partial charge on any atom is 0.119 e. The molecule has 0 aromatic heterocycles. The number of rotatable bonds is 5. The third-order valence-electron chi connectivity index (χ3n) is 2.76. The van der Waals surface area contributed by atoms with Gasteiger partial charge < -0.3 is 4.74 Å². The van der Waals surface area contributed by atoms with Crippen LogP contribution >= 0.6 is 0 Å². The largest absolute Gasteiger partial charge is 0.497 e. The van der Waals surface area contributed by atoms with Crippen molar-refractivity contribution in [2.24, 2.45) is 11.8 Å². The van der Waals surface area contributed by atoms with Crippen LogP contribution in [0, 0.1) is 12.8 Å². The first kappa shape index (κ1) is 13.0. The fraction of sp³-hybridized carbons (Fsp3) is 0.538. The van der Waals surface area contributed by atoms with Gasteiger partial charge in [-0.2, -0.15) is 0 Å². The van der Waals surface area contributed by atoms with Crippen LogP contribution in [0.2, 0.25) is 0 Å². The van der Waals surface area contributed by atoms with Gasteiger partial charge in [-0.3, -0.25) is 11.3 Å². The molecule has 3 nitrogen and oxygen atoms in total. The van der Waals surface area contributed by atoms with Gasteiger partial charge in [0.05, 0.1) is 7.11 Å². The summed E-state index contributed by atoms with van der Waals surface area (Å²) in [6.07, 6.45) is 1.03. The van der Waals surface area contributed by atoms with Crippen molar-refractivity contribution in [3.05, 3.63) is 29.3 Å². The molecule has 1 aromatic rings. The maximum atomic E-state index is 5.61. The van der Waals surface area contributed by atoms with Gasteiger partial charge in [-0.15, -0.1) is 0 Å². The van der Waals surface area contributed by atoms with Crippen LogP contribution in [0.15, 0.2) is 18.2 Å². The summed E-state index contributed by atoms with van der Waals surface area (Å²) >= 11 is 0. The van der Waals surface area contributed by atoms with Crippen molar-refractivity contribution < 1.29 is 4.74 Å². The third-order valence-corrected chi connectivity index (χ3v) is 2.76. The molecule has 0 heterocycles. The van der Waals surface area contributed by atoms with Crippen molar-refractivity contribution in [3.8, 4) is 5.75 Å². The van der Waals surface area contributed by atoms with Gasteiger partial charge in [-0.05, 0) is 42.5 Å². The van der Waals surface area contributed by atoms with E-state index in [0.717, 1.165) is 12.2 Å². The Labute approximate surface area is 98.0 Å². The fourth-order valence-electron chi connectivity index (χ4n) is 1.92. The fourth-order valence-corrected chi connectivity index (χ4v) is 1.92. The third kappa shape index (κ3) is 3.22. The average molecular weight is 222 g/mol. The lowest BCUT2D eigenvalue weighted by atomic mass is 9.94. The molecule has 0 aliphatic heterocycles. The lowest BCUT2D eigenvalue weighted by Crippen LogP contribution is -2.29. The van der Waals surface area contributed by atoms with E-state index >= 15 is 0 Å². The topological polar surface area (TPSA) is 47.3 Å². The summed E-state index contributed by atoms with van der Waals surface area (Å²) in [6.45, 7) is 6.48. The molecular weight excluding hydrogens is 200 g/mol. The highest BCUT2D eigenvalue weighted by molar-refractivity contribution is 5.36. The first-order chi connectivity index (χ1) is 7.58. The van der Waals surface area contributed by atoms with Gasteiger partial charge in [0.15, 0.2) is 0 Å². The zero-order valence-corrected chi connectivity index (χ0v) is 10.6. The summed E-state index contributed by atoms with van der Waals surface area (Å²) in [5.74, 6) is 7.12. The summed E-state index contributed by atoms with van der Waals surface area (Å²) in [5, 5.41) is 0. The van der Waals surface area contributed by atoms with E-state index in [1.807, 2.05) is 12.1 Å². The summed E-state index contributed by atoms with van der Waals surface area (Å²) in [4.78, 5) is 0. The smallest absolute Gasteiger partial charge is 0.119 e. The Morgan fingerprint density at radius 3 is 2.50 bits per heavy atom. The summed E-state index contributed by atoms with van der Waals surface area (Å²) in [7, 11) is 1.68. The number of nitrogens with one attached hydrogen (secondary N) is 1. The van der Waals surface area contributed by atoms with Gasteiger partial charge in [-0.25, -0.2) is 0 Å². The lowest BCUT2D eigenvalue weighted by Gasteiger charge is -2.20. The van der Waals surface area contributed by atoms with E-state index in [4.69, 9.17) is 10.6 Å². The quantitative estimate of drug-likeness (QED) is 0.594. The summed E-state index contributed by atoms with van der Waals surface area (Å²) in [5.41, 5.74) is 5.35. The first-order valence-corrected chi connectivity index (χ1v) is 5.69. The van der Waals surface area contributed by atoms with E-state index in [2.05, 4.69) is 32.3 Å². The molecule has 0 spiro atoms. The van der Waals surface area contributed by atoms with Crippen molar-refractivity contribution in [2.45, 2.75) is 33.2 Å². The summed E-state index contributed by atoms with van der Waals surface area (Å²) in [6, 6.07) is 6.32. The minimum Gasteiger partial charge on any atom is -0.497 e. The van der Waals surface area contributed by atoms with Crippen LogP contribution in [-0.2, 0) is 0 Å². The molecule has 3 heteroatoms. The number of benzene rings is 1. The Morgan fingerprint density at radius 1 is 1.38 bits per heavy atom. The van der Waals surface area contributed by atoms with Crippen LogP contribution < -0.4 is 16.0 Å². The molecule has 16 heavy (non-hydrogen) atoms. The minimum absolute atomic E-state index is 0.214. The maximum absolute atomic E-state index is 5.61. The van der Waals surface area contributed by atoms with E-state index in [0.29, 0.717) is 5.92 Å². The molecule has 1 rings (SSSR count). The predicted molar refractivity (Wildman–Crippen MR) is 67.3 cm³/mol. The normalized spacial score (nSPS) is 12.9. The van der Waals surface area contributed by atoms with Gasteiger partial charge in [0.25, 0.3) is 0 Å². The molecule has 1 atom stereocenters. The molecule has 1 aromatic carbocycles. The Balaban J connectivity index is 2.92. The van der Waals surface area contributed by atoms with E-state index < -0.39 is 0 Å². The second-order valence-electron chi connectivity index (χ2n) is 4.57.